The van der Waals surface area contributed by atoms with Gasteiger partial charge in [0.25, 0.3) is 5.69 Å². The summed E-state index contributed by atoms with van der Waals surface area (Å²) in [7, 11) is 0. The van der Waals surface area contributed by atoms with Crippen molar-refractivity contribution in [2.24, 2.45) is 5.92 Å². The molecule has 1 N–H and O–H groups in total. The predicted molar refractivity (Wildman–Crippen MR) is 136 cm³/mol. The fraction of sp³-hybridized carbons (Fsp3) is 0.320. The van der Waals surface area contributed by atoms with Crippen LogP contribution < -0.4 is 15.1 Å². The summed E-state index contributed by atoms with van der Waals surface area (Å²) in [6, 6.07) is 16.8. The lowest BCUT2D eigenvalue weighted by Crippen LogP contribution is -2.61. The number of benzene rings is 2. The topological polar surface area (TPSA) is 78.7 Å². The smallest absolute Gasteiger partial charge is 0.269 e. The minimum atomic E-state index is -0.377. The number of carbonyl (C=O) groups excluding carboxylic acids is 1. The SMILES string of the molecule is O=C(NCCc1cccs1)[C@@H]1Cc2cc([N+](=O)[O-])ccc2N2CCN(c3ccccc3Cl)C[C@H]12. The first-order valence-corrected chi connectivity index (χ1v) is 12.6. The Kier molecular flexibility index (Phi) is 6.43. The number of anilines is 2. The number of non-ortho nitro benzene ring substituents is 1. The molecular weight excluding hydrogens is 472 g/mol. The van der Waals surface area contributed by atoms with E-state index in [4.69, 9.17) is 11.6 Å². The van der Waals surface area contributed by atoms with E-state index in [1.807, 2.05) is 41.8 Å². The first kappa shape index (κ1) is 22.7. The van der Waals surface area contributed by atoms with Gasteiger partial charge in [-0.15, -0.1) is 11.3 Å². The van der Waals surface area contributed by atoms with Gasteiger partial charge in [-0.25, -0.2) is 0 Å². The number of fused-ring (bicyclic) bond motifs is 3. The van der Waals surface area contributed by atoms with Gasteiger partial charge in [-0.05, 0) is 48.1 Å². The standard InChI is InChI=1S/C25H25ClN4O3S/c26-21-5-1-2-6-23(21)28-11-12-29-22-8-7-18(30(32)33)14-17(22)15-20(24(29)16-28)25(31)27-10-9-19-4-3-13-34-19/h1-8,13-14,20,24H,9-12,15-16H2,(H,27,31)/t20-,24-/m1/s1. The quantitative estimate of drug-likeness (QED) is 0.400. The maximum atomic E-state index is 13.4. The van der Waals surface area contributed by atoms with Crippen LogP contribution in [0.15, 0.2) is 60.0 Å². The molecule has 0 unspecified atom stereocenters. The largest absolute Gasteiger partial charge is 0.366 e. The number of hydrogen-bond donors (Lipinski definition) is 1. The lowest BCUT2D eigenvalue weighted by Gasteiger charge is -2.49. The zero-order valence-corrected chi connectivity index (χ0v) is 20.1. The summed E-state index contributed by atoms with van der Waals surface area (Å²) >= 11 is 8.16. The average molecular weight is 497 g/mol. The second-order valence-corrected chi connectivity index (χ2v) is 10.1. The van der Waals surface area contributed by atoms with E-state index in [0.717, 1.165) is 29.9 Å². The van der Waals surface area contributed by atoms with Crippen LogP contribution in [-0.2, 0) is 17.6 Å². The zero-order valence-electron chi connectivity index (χ0n) is 18.5. The molecule has 1 amide bonds. The highest BCUT2D eigenvalue weighted by Gasteiger charge is 2.42. The zero-order chi connectivity index (χ0) is 23.7. The fourth-order valence-electron chi connectivity index (χ4n) is 5.04. The number of carbonyl (C=O) groups is 1. The molecule has 0 spiro atoms. The highest BCUT2D eigenvalue weighted by molar-refractivity contribution is 7.09. The predicted octanol–water partition coefficient (Wildman–Crippen LogP) is 4.54. The maximum Gasteiger partial charge on any atom is 0.269 e. The Bertz CT molecular complexity index is 1200. The van der Waals surface area contributed by atoms with Crippen molar-refractivity contribution in [3.05, 3.63) is 85.6 Å². The van der Waals surface area contributed by atoms with Crippen molar-refractivity contribution < 1.29 is 9.72 Å². The number of amides is 1. The highest BCUT2D eigenvalue weighted by atomic mass is 35.5. The number of nitrogens with one attached hydrogen (secondary N) is 1. The van der Waals surface area contributed by atoms with Crippen LogP contribution >= 0.6 is 22.9 Å². The summed E-state index contributed by atoms with van der Waals surface area (Å²) in [6.45, 7) is 2.69. The Morgan fingerprint density at radius 1 is 1.15 bits per heavy atom. The van der Waals surface area contributed by atoms with Crippen LogP contribution in [0.3, 0.4) is 0 Å². The number of thiophene rings is 1. The van der Waals surface area contributed by atoms with E-state index in [2.05, 4.69) is 21.2 Å². The molecule has 0 aliphatic carbocycles. The molecule has 7 nitrogen and oxygen atoms in total. The van der Waals surface area contributed by atoms with Crippen LogP contribution in [0.25, 0.3) is 0 Å². The number of nitrogens with zero attached hydrogens (tertiary/aromatic N) is 3. The lowest BCUT2D eigenvalue weighted by atomic mass is 9.83. The summed E-state index contributed by atoms with van der Waals surface area (Å²) in [5.74, 6) is -0.326. The highest BCUT2D eigenvalue weighted by Crippen LogP contribution is 2.39. The summed E-state index contributed by atoms with van der Waals surface area (Å²) < 4.78 is 0. The molecule has 3 aromatic rings. The van der Waals surface area contributed by atoms with Crippen molar-refractivity contribution in [2.75, 3.05) is 36.0 Å². The molecule has 5 rings (SSSR count). The van der Waals surface area contributed by atoms with E-state index in [1.54, 1.807) is 23.5 Å². The fourth-order valence-corrected chi connectivity index (χ4v) is 6.01. The van der Waals surface area contributed by atoms with E-state index < -0.39 is 0 Å². The molecule has 34 heavy (non-hydrogen) atoms. The molecule has 1 fully saturated rings. The summed E-state index contributed by atoms with van der Waals surface area (Å²) in [5.41, 5.74) is 2.87. The van der Waals surface area contributed by atoms with Crippen molar-refractivity contribution in [3.63, 3.8) is 0 Å². The van der Waals surface area contributed by atoms with E-state index in [0.29, 0.717) is 31.1 Å². The van der Waals surface area contributed by atoms with E-state index in [-0.39, 0.29) is 28.5 Å². The van der Waals surface area contributed by atoms with Crippen molar-refractivity contribution in [1.29, 1.82) is 0 Å². The Morgan fingerprint density at radius 2 is 2.00 bits per heavy atom. The summed E-state index contributed by atoms with van der Waals surface area (Å²) in [4.78, 5) is 30.1. The van der Waals surface area contributed by atoms with Gasteiger partial charge in [0.05, 0.1) is 27.6 Å². The molecular formula is C25H25ClN4O3S. The Labute approximate surface area is 207 Å². The minimum absolute atomic E-state index is 0.00952. The van der Waals surface area contributed by atoms with Crippen LogP contribution in [0.4, 0.5) is 17.1 Å². The second kappa shape index (κ2) is 9.64. The third-order valence-corrected chi connectivity index (χ3v) is 7.94. The van der Waals surface area contributed by atoms with Crippen LogP contribution in [-0.4, -0.2) is 43.1 Å². The molecule has 2 aliphatic heterocycles. The molecule has 2 aliphatic rings. The van der Waals surface area contributed by atoms with Crippen LogP contribution in [0.1, 0.15) is 10.4 Å². The molecule has 9 heteroatoms. The summed E-state index contributed by atoms with van der Waals surface area (Å²) in [5, 5.41) is 17.2. The van der Waals surface area contributed by atoms with Crippen LogP contribution in [0.5, 0.6) is 0 Å². The van der Waals surface area contributed by atoms with Gasteiger partial charge in [-0.1, -0.05) is 29.8 Å². The Morgan fingerprint density at radius 3 is 2.76 bits per heavy atom. The van der Waals surface area contributed by atoms with Gasteiger partial charge in [0.1, 0.15) is 0 Å². The number of halogens is 1. The van der Waals surface area contributed by atoms with Gasteiger partial charge >= 0.3 is 0 Å². The number of nitro groups is 1. The molecule has 1 saturated heterocycles. The van der Waals surface area contributed by atoms with Gasteiger partial charge in [0.15, 0.2) is 0 Å². The Hall–Kier alpha value is -3.10. The maximum absolute atomic E-state index is 13.4. The van der Waals surface area contributed by atoms with Crippen molar-refractivity contribution in [3.8, 4) is 0 Å². The molecule has 0 saturated carbocycles. The van der Waals surface area contributed by atoms with E-state index in [1.165, 1.54) is 4.88 Å². The van der Waals surface area contributed by atoms with Gasteiger partial charge < -0.3 is 15.1 Å². The monoisotopic (exact) mass is 496 g/mol. The van der Waals surface area contributed by atoms with Crippen molar-refractivity contribution in [1.82, 2.24) is 5.32 Å². The normalized spacial score (nSPS) is 19.3. The summed E-state index contributed by atoms with van der Waals surface area (Å²) in [6.07, 6.45) is 1.26. The Balaban J connectivity index is 1.41. The first-order valence-electron chi connectivity index (χ1n) is 11.3. The van der Waals surface area contributed by atoms with Crippen molar-refractivity contribution >= 4 is 45.9 Å². The van der Waals surface area contributed by atoms with Gasteiger partial charge in [0.2, 0.25) is 5.91 Å². The minimum Gasteiger partial charge on any atom is -0.366 e. The van der Waals surface area contributed by atoms with E-state index >= 15 is 0 Å². The number of hydrogen-bond acceptors (Lipinski definition) is 6. The van der Waals surface area contributed by atoms with Crippen LogP contribution in [0.2, 0.25) is 5.02 Å². The first-order chi connectivity index (χ1) is 16.5. The van der Waals surface area contributed by atoms with E-state index in [9.17, 15) is 14.9 Å². The molecule has 0 radical (unpaired) electrons. The molecule has 0 bridgehead atoms. The van der Waals surface area contributed by atoms with Gasteiger partial charge in [0, 0.05) is 48.9 Å². The molecule has 3 heterocycles. The molecule has 1 aromatic heterocycles. The number of para-hydroxylation sites is 1. The number of nitro benzene ring substituents is 1. The third-order valence-electron chi connectivity index (χ3n) is 6.69. The number of rotatable bonds is 6. The molecule has 2 aromatic carbocycles. The third kappa shape index (κ3) is 4.48. The second-order valence-electron chi connectivity index (χ2n) is 8.66. The molecule has 176 valence electrons. The van der Waals surface area contributed by atoms with Crippen molar-refractivity contribution in [2.45, 2.75) is 18.9 Å². The average Bonchev–Trinajstić information content (AvgIpc) is 3.36. The van der Waals surface area contributed by atoms with Gasteiger partial charge in [-0.2, -0.15) is 0 Å². The number of piperazine rings is 1. The lowest BCUT2D eigenvalue weighted by molar-refractivity contribution is -0.384. The molecule has 2 atom stereocenters. The van der Waals surface area contributed by atoms with Crippen LogP contribution in [0, 0.1) is 16.0 Å². The van der Waals surface area contributed by atoms with Gasteiger partial charge in [-0.3, -0.25) is 14.9 Å².